The van der Waals surface area contributed by atoms with Crippen molar-refractivity contribution in [2.24, 2.45) is 0 Å². The molecule has 0 unspecified atom stereocenters. The van der Waals surface area contributed by atoms with Crippen LogP contribution < -0.4 is 0 Å². The molecule has 0 saturated heterocycles. The van der Waals surface area contributed by atoms with E-state index < -0.39 is 0 Å². The first-order valence-corrected chi connectivity index (χ1v) is 5.78. The number of nitrogens with zero attached hydrogens (tertiary/aromatic N) is 1. The van der Waals surface area contributed by atoms with Gasteiger partial charge in [-0.25, -0.2) is 9.37 Å². The number of hydrogen-bond donors (Lipinski definition) is 0. The third-order valence-electron chi connectivity index (χ3n) is 1.63. The van der Waals surface area contributed by atoms with Gasteiger partial charge in [-0.15, -0.1) is 11.3 Å². The number of thiazole rings is 1. The molecule has 0 radical (unpaired) electrons. The molecule has 5 heteroatoms. The van der Waals surface area contributed by atoms with Gasteiger partial charge in [-0.2, -0.15) is 0 Å². The second-order valence-corrected chi connectivity index (χ2v) is 4.71. The van der Waals surface area contributed by atoms with Crippen molar-refractivity contribution < 1.29 is 4.39 Å². The number of hydrogen-bond acceptors (Lipinski definition) is 2. The van der Waals surface area contributed by atoms with Crippen LogP contribution in [0.3, 0.4) is 0 Å². The Hall–Kier alpha value is -0.450. The monoisotopic (exact) mass is 291 g/mol. The van der Waals surface area contributed by atoms with Gasteiger partial charge in [0.05, 0.1) is 0 Å². The minimum atomic E-state index is -0.309. The van der Waals surface area contributed by atoms with E-state index in [-0.39, 0.29) is 5.82 Å². The highest BCUT2D eigenvalue weighted by atomic mass is 79.9. The van der Waals surface area contributed by atoms with Crippen LogP contribution in [-0.4, -0.2) is 4.98 Å². The fourth-order valence-electron chi connectivity index (χ4n) is 1.04. The summed E-state index contributed by atoms with van der Waals surface area (Å²) in [5, 5.41) is 2.93. The standard InChI is InChI=1S/C9H4BrClFNS/c10-8-4-14-9(13-8)6-3-5(11)1-2-7(6)12/h1-4H. The molecule has 0 N–H and O–H groups in total. The van der Waals surface area contributed by atoms with Crippen LogP contribution in [0.1, 0.15) is 0 Å². The Labute approximate surface area is 97.7 Å². The molecule has 2 rings (SSSR count). The molecule has 0 fully saturated rings. The molecule has 1 aromatic carbocycles. The van der Waals surface area contributed by atoms with Gasteiger partial charge < -0.3 is 0 Å². The van der Waals surface area contributed by atoms with Crippen molar-refractivity contribution in [1.29, 1.82) is 0 Å². The lowest BCUT2D eigenvalue weighted by atomic mass is 10.2. The average molecular weight is 293 g/mol. The van der Waals surface area contributed by atoms with Crippen LogP contribution in [0.4, 0.5) is 4.39 Å². The lowest BCUT2D eigenvalue weighted by Crippen LogP contribution is -1.82. The summed E-state index contributed by atoms with van der Waals surface area (Å²) in [4.78, 5) is 4.12. The number of halogens is 3. The molecule has 14 heavy (non-hydrogen) atoms. The zero-order valence-electron chi connectivity index (χ0n) is 6.80. The van der Waals surface area contributed by atoms with Crippen LogP contribution in [-0.2, 0) is 0 Å². The Morgan fingerprint density at radius 1 is 1.43 bits per heavy atom. The first-order chi connectivity index (χ1) is 6.66. The van der Waals surface area contributed by atoms with Gasteiger partial charge in [-0.3, -0.25) is 0 Å². The molecular weight excluding hydrogens is 289 g/mol. The summed E-state index contributed by atoms with van der Waals surface area (Å²) in [5.74, 6) is -0.309. The Morgan fingerprint density at radius 3 is 2.86 bits per heavy atom. The Morgan fingerprint density at radius 2 is 2.21 bits per heavy atom. The summed E-state index contributed by atoms with van der Waals surface area (Å²) in [6.07, 6.45) is 0. The topological polar surface area (TPSA) is 12.9 Å². The van der Waals surface area contributed by atoms with Crippen molar-refractivity contribution >= 4 is 38.9 Å². The predicted molar refractivity (Wildman–Crippen MR) is 60.2 cm³/mol. The van der Waals surface area contributed by atoms with E-state index in [2.05, 4.69) is 20.9 Å². The zero-order valence-corrected chi connectivity index (χ0v) is 9.96. The molecule has 2 aromatic rings. The summed E-state index contributed by atoms with van der Waals surface area (Å²) < 4.78 is 14.1. The molecular formula is C9H4BrClFNS. The van der Waals surface area contributed by atoms with Crippen molar-refractivity contribution in [3.05, 3.63) is 39.0 Å². The van der Waals surface area contributed by atoms with Gasteiger partial charge in [0.25, 0.3) is 0 Å². The Kier molecular flexibility index (Phi) is 2.85. The molecule has 1 aromatic heterocycles. The van der Waals surface area contributed by atoms with Gasteiger partial charge in [0.15, 0.2) is 0 Å². The van der Waals surface area contributed by atoms with Gasteiger partial charge in [0.1, 0.15) is 15.4 Å². The van der Waals surface area contributed by atoms with E-state index in [0.29, 0.717) is 20.2 Å². The van der Waals surface area contributed by atoms with E-state index in [4.69, 9.17) is 11.6 Å². The molecule has 0 aliphatic rings. The predicted octanol–water partition coefficient (Wildman–Crippen LogP) is 4.37. The molecule has 0 aliphatic carbocycles. The molecule has 0 amide bonds. The molecule has 0 spiro atoms. The van der Waals surface area contributed by atoms with E-state index in [9.17, 15) is 4.39 Å². The van der Waals surface area contributed by atoms with Crippen LogP contribution in [0, 0.1) is 5.82 Å². The Bertz CT molecular complexity index is 472. The van der Waals surface area contributed by atoms with E-state index in [0.717, 1.165) is 0 Å². The number of aromatic nitrogens is 1. The third kappa shape index (κ3) is 1.97. The maximum absolute atomic E-state index is 13.4. The van der Waals surface area contributed by atoms with Crippen molar-refractivity contribution in [2.75, 3.05) is 0 Å². The molecule has 72 valence electrons. The largest absolute Gasteiger partial charge is 0.229 e. The van der Waals surface area contributed by atoms with E-state index in [1.54, 1.807) is 11.4 Å². The fourth-order valence-corrected chi connectivity index (χ4v) is 2.48. The zero-order chi connectivity index (χ0) is 10.1. The normalized spacial score (nSPS) is 10.5. The van der Waals surface area contributed by atoms with Gasteiger partial charge in [-0.05, 0) is 34.1 Å². The van der Waals surface area contributed by atoms with E-state index >= 15 is 0 Å². The summed E-state index contributed by atoms with van der Waals surface area (Å²) in [6, 6.07) is 4.43. The van der Waals surface area contributed by atoms with Crippen molar-refractivity contribution in [3.8, 4) is 10.6 Å². The molecule has 0 atom stereocenters. The quantitative estimate of drug-likeness (QED) is 0.761. The van der Waals surface area contributed by atoms with E-state index in [1.807, 2.05) is 0 Å². The van der Waals surface area contributed by atoms with Crippen molar-refractivity contribution in [2.45, 2.75) is 0 Å². The molecule has 0 saturated carbocycles. The van der Waals surface area contributed by atoms with Crippen LogP contribution in [0.15, 0.2) is 28.2 Å². The summed E-state index contributed by atoms with van der Waals surface area (Å²) in [6.45, 7) is 0. The highest BCUT2D eigenvalue weighted by Gasteiger charge is 2.09. The van der Waals surface area contributed by atoms with Crippen LogP contribution in [0.2, 0.25) is 5.02 Å². The molecule has 0 aliphatic heterocycles. The lowest BCUT2D eigenvalue weighted by molar-refractivity contribution is 0.631. The minimum Gasteiger partial charge on any atom is -0.229 e. The maximum Gasteiger partial charge on any atom is 0.133 e. The highest BCUT2D eigenvalue weighted by Crippen LogP contribution is 2.29. The first kappa shape index (κ1) is 10.1. The summed E-state index contributed by atoms with van der Waals surface area (Å²) >= 11 is 10.4. The van der Waals surface area contributed by atoms with Gasteiger partial charge >= 0.3 is 0 Å². The number of benzene rings is 1. The summed E-state index contributed by atoms with van der Waals surface area (Å²) in [5.41, 5.74) is 0.438. The molecule has 1 nitrogen and oxygen atoms in total. The fraction of sp³-hybridized carbons (Fsp3) is 0. The highest BCUT2D eigenvalue weighted by molar-refractivity contribution is 9.10. The second-order valence-electron chi connectivity index (χ2n) is 2.60. The average Bonchev–Trinajstić information content (AvgIpc) is 2.56. The molecule has 1 heterocycles. The SMILES string of the molecule is Fc1ccc(Cl)cc1-c1nc(Br)cs1. The van der Waals surface area contributed by atoms with Crippen LogP contribution in [0.25, 0.3) is 10.6 Å². The third-order valence-corrected chi connectivity index (χ3v) is 3.45. The van der Waals surface area contributed by atoms with Crippen molar-refractivity contribution in [1.82, 2.24) is 4.98 Å². The smallest absolute Gasteiger partial charge is 0.133 e. The van der Waals surface area contributed by atoms with Crippen LogP contribution in [0.5, 0.6) is 0 Å². The van der Waals surface area contributed by atoms with Gasteiger partial charge in [-0.1, -0.05) is 11.6 Å². The first-order valence-electron chi connectivity index (χ1n) is 3.73. The molecule has 0 bridgehead atoms. The van der Waals surface area contributed by atoms with Gasteiger partial charge in [0.2, 0.25) is 0 Å². The maximum atomic E-state index is 13.4. The number of rotatable bonds is 1. The second kappa shape index (κ2) is 3.96. The van der Waals surface area contributed by atoms with Crippen molar-refractivity contribution in [3.63, 3.8) is 0 Å². The van der Waals surface area contributed by atoms with Gasteiger partial charge in [0, 0.05) is 16.0 Å². The lowest BCUT2D eigenvalue weighted by Gasteiger charge is -1.98. The Balaban J connectivity index is 2.55. The minimum absolute atomic E-state index is 0.309. The van der Waals surface area contributed by atoms with E-state index in [1.165, 1.54) is 23.5 Å². The van der Waals surface area contributed by atoms with Crippen LogP contribution >= 0.6 is 38.9 Å². The summed E-state index contributed by atoms with van der Waals surface area (Å²) in [7, 11) is 0.